The summed E-state index contributed by atoms with van der Waals surface area (Å²) in [4.78, 5) is 28.2. The molecule has 9 nitrogen and oxygen atoms in total. The zero-order valence-corrected chi connectivity index (χ0v) is 20.7. The standard InChI is InChI=1S/C26H25N3O6S/c1-15(2)22(26(31)32)29-36(33,34)20-13-9-18(10-14-20)17-7-11-19(12-8-17)27-24(30)25-28-23-16(3)5-4-6-21(23)35-25/h4-15,22,29H,1-3H3,(H,27,30)(H,31,32)/t22-/m0/s1. The summed E-state index contributed by atoms with van der Waals surface area (Å²) in [5.41, 5.74) is 4.18. The second-order valence-corrected chi connectivity index (χ2v) is 10.4. The minimum atomic E-state index is -4.00. The van der Waals surface area contributed by atoms with E-state index in [1.165, 1.54) is 12.1 Å². The Hall–Kier alpha value is -4.02. The molecule has 3 aromatic carbocycles. The normalized spacial score (nSPS) is 12.6. The third-order valence-electron chi connectivity index (χ3n) is 5.67. The van der Waals surface area contributed by atoms with Gasteiger partial charge in [-0.25, -0.2) is 13.4 Å². The van der Waals surface area contributed by atoms with Crippen molar-refractivity contribution in [2.24, 2.45) is 5.92 Å². The topological polar surface area (TPSA) is 139 Å². The third kappa shape index (κ3) is 5.29. The summed E-state index contributed by atoms with van der Waals surface area (Å²) in [6.07, 6.45) is 0. The summed E-state index contributed by atoms with van der Waals surface area (Å²) in [7, 11) is -4.00. The van der Waals surface area contributed by atoms with Crippen LogP contribution < -0.4 is 10.0 Å². The maximum atomic E-state index is 12.6. The quantitative estimate of drug-likeness (QED) is 0.320. The Labute approximate surface area is 208 Å². The largest absolute Gasteiger partial charge is 0.480 e. The molecular weight excluding hydrogens is 482 g/mol. The van der Waals surface area contributed by atoms with Crippen LogP contribution in [0, 0.1) is 12.8 Å². The number of hydrogen-bond acceptors (Lipinski definition) is 6. The second-order valence-electron chi connectivity index (χ2n) is 8.68. The molecule has 4 rings (SSSR count). The number of carboxylic acids is 1. The van der Waals surface area contributed by atoms with Gasteiger partial charge in [-0.15, -0.1) is 0 Å². The van der Waals surface area contributed by atoms with E-state index < -0.39 is 33.9 Å². The van der Waals surface area contributed by atoms with Crippen molar-refractivity contribution >= 4 is 38.7 Å². The molecule has 0 bridgehead atoms. The van der Waals surface area contributed by atoms with Crippen molar-refractivity contribution in [2.75, 3.05) is 5.32 Å². The number of aliphatic carboxylic acids is 1. The minimum Gasteiger partial charge on any atom is -0.480 e. The molecule has 1 heterocycles. The highest BCUT2D eigenvalue weighted by Gasteiger charge is 2.28. The van der Waals surface area contributed by atoms with Crippen molar-refractivity contribution in [2.45, 2.75) is 31.7 Å². The number of benzene rings is 3. The van der Waals surface area contributed by atoms with E-state index in [1.54, 1.807) is 56.3 Å². The van der Waals surface area contributed by atoms with Crippen LogP contribution in [-0.2, 0) is 14.8 Å². The molecule has 1 atom stereocenters. The molecule has 0 fully saturated rings. The van der Waals surface area contributed by atoms with Gasteiger partial charge in [0.25, 0.3) is 5.89 Å². The Morgan fingerprint density at radius 1 is 0.944 bits per heavy atom. The first-order chi connectivity index (χ1) is 17.0. The molecule has 4 aromatic rings. The summed E-state index contributed by atoms with van der Waals surface area (Å²) < 4.78 is 33.0. The number of oxazole rings is 1. The zero-order chi connectivity index (χ0) is 26.0. The van der Waals surface area contributed by atoms with E-state index in [0.29, 0.717) is 16.8 Å². The smallest absolute Gasteiger partial charge is 0.322 e. The number of carbonyl (C=O) groups excluding carboxylic acids is 1. The average molecular weight is 508 g/mol. The molecule has 1 amide bonds. The maximum Gasteiger partial charge on any atom is 0.322 e. The lowest BCUT2D eigenvalue weighted by Crippen LogP contribution is -2.44. The lowest BCUT2D eigenvalue weighted by molar-refractivity contribution is -0.140. The maximum absolute atomic E-state index is 12.6. The Morgan fingerprint density at radius 2 is 1.56 bits per heavy atom. The van der Waals surface area contributed by atoms with Gasteiger partial charge >= 0.3 is 11.9 Å². The average Bonchev–Trinajstić information content (AvgIpc) is 3.29. The summed E-state index contributed by atoms with van der Waals surface area (Å²) in [6.45, 7) is 5.15. The van der Waals surface area contributed by atoms with Gasteiger partial charge in [0, 0.05) is 5.69 Å². The molecule has 1 aromatic heterocycles. The number of sulfonamides is 1. The van der Waals surface area contributed by atoms with E-state index in [9.17, 15) is 23.1 Å². The predicted molar refractivity (Wildman–Crippen MR) is 135 cm³/mol. The third-order valence-corrected chi connectivity index (χ3v) is 7.13. The highest BCUT2D eigenvalue weighted by Crippen LogP contribution is 2.24. The van der Waals surface area contributed by atoms with Crippen molar-refractivity contribution in [3.63, 3.8) is 0 Å². The summed E-state index contributed by atoms with van der Waals surface area (Å²) >= 11 is 0. The van der Waals surface area contributed by atoms with Gasteiger partial charge in [0.1, 0.15) is 11.6 Å². The molecule has 0 aliphatic carbocycles. The number of para-hydroxylation sites is 1. The Balaban J connectivity index is 1.46. The van der Waals surface area contributed by atoms with Gasteiger partial charge in [-0.3, -0.25) is 9.59 Å². The fraction of sp³-hybridized carbons (Fsp3) is 0.192. The molecule has 0 radical (unpaired) electrons. The number of aryl methyl sites for hydroxylation is 1. The predicted octanol–water partition coefficient (Wildman–Crippen LogP) is 4.44. The van der Waals surface area contributed by atoms with Gasteiger partial charge in [-0.1, -0.05) is 50.2 Å². The van der Waals surface area contributed by atoms with Crippen molar-refractivity contribution in [1.82, 2.24) is 9.71 Å². The highest BCUT2D eigenvalue weighted by atomic mass is 32.2. The van der Waals surface area contributed by atoms with Crippen molar-refractivity contribution < 1.29 is 27.5 Å². The van der Waals surface area contributed by atoms with Gasteiger partial charge < -0.3 is 14.8 Å². The Kier molecular flexibility index (Phi) is 6.91. The molecule has 0 unspecified atom stereocenters. The number of aromatic nitrogens is 1. The molecule has 36 heavy (non-hydrogen) atoms. The van der Waals surface area contributed by atoms with Gasteiger partial charge in [0.05, 0.1) is 4.90 Å². The van der Waals surface area contributed by atoms with Crippen LogP contribution in [0.5, 0.6) is 0 Å². The Bertz CT molecular complexity index is 1520. The van der Waals surface area contributed by atoms with Crippen LogP contribution in [0.15, 0.2) is 76.0 Å². The highest BCUT2D eigenvalue weighted by molar-refractivity contribution is 7.89. The van der Waals surface area contributed by atoms with Crippen LogP contribution in [0.2, 0.25) is 0 Å². The van der Waals surface area contributed by atoms with Crippen LogP contribution in [0.25, 0.3) is 22.2 Å². The zero-order valence-electron chi connectivity index (χ0n) is 19.8. The van der Waals surface area contributed by atoms with Crippen LogP contribution in [0.4, 0.5) is 5.69 Å². The molecule has 10 heteroatoms. The van der Waals surface area contributed by atoms with E-state index in [-0.39, 0.29) is 10.8 Å². The van der Waals surface area contributed by atoms with E-state index in [4.69, 9.17) is 4.42 Å². The van der Waals surface area contributed by atoms with Gasteiger partial charge in [0.15, 0.2) is 5.58 Å². The molecule has 0 aliphatic heterocycles. The number of carbonyl (C=O) groups is 2. The first-order valence-corrected chi connectivity index (χ1v) is 12.7. The molecule has 0 saturated heterocycles. The van der Waals surface area contributed by atoms with E-state index >= 15 is 0 Å². The molecule has 0 saturated carbocycles. The molecule has 3 N–H and O–H groups in total. The summed E-state index contributed by atoms with van der Waals surface area (Å²) in [6, 6.07) is 17.4. The van der Waals surface area contributed by atoms with Crippen molar-refractivity contribution in [3.8, 4) is 11.1 Å². The number of hydrogen-bond donors (Lipinski definition) is 3. The SMILES string of the molecule is Cc1cccc2oc(C(=O)Nc3ccc(-c4ccc(S(=O)(=O)N[C@H](C(=O)O)C(C)C)cc4)cc3)nc12. The number of rotatable bonds is 8. The summed E-state index contributed by atoms with van der Waals surface area (Å²) in [5.74, 6) is -2.15. The molecule has 0 spiro atoms. The molecule has 186 valence electrons. The number of amides is 1. The number of nitrogens with zero attached hydrogens (tertiary/aromatic N) is 1. The molecule has 0 aliphatic rings. The lowest BCUT2D eigenvalue weighted by Gasteiger charge is -2.18. The number of nitrogens with one attached hydrogen (secondary N) is 2. The fourth-order valence-electron chi connectivity index (χ4n) is 3.65. The van der Waals surface area contributed by atoms with Gasteiger partial charge in [-0.2, -0.15) is 4.72 Å². The van der Waals surface area contributed by atoms with E-state index in [0.717, 1.165) is 16.7 Å². The van der Waals surface area contributed by atoms with Crippen LogP contribution in [0.1, 0.15) is 30.1 Å². The van der Waals surface area contributed by atoms with E-state index in [1.807, 2.05) is 19.1 Å². The second kappa shape index (κ2) is 9.92. The minimum absolute atomic E-state index is 0.0311. The number of carboxylic acid groups (broad SMARTS) is 1. The van der Waals surface area contributed by atoms with Crippen molar-refractivity contribution in [1.29, 1.82) is 0 Å². The van der Waals surface area contributed by atoms with Crippen LogP contribution in [0.3, 0.4) is 0 Å². The number of fused-ring (bicyclic) bond motifs is 1. The van der Waals surface area contributed by atoms with Crippen LogP contribution >= 0.6 is 0 Å². The van der Waals surface area contributed by atoms with Gasteiger partial charge in [0.2, 0.25) is 10.0 Å². The fourth-order valence-corrected chi connectivity index (χ4v) is 4.99. The summed E-state index contributed by atoms with van der Waals surface area (Å²) in [5, 5.41) is 12.0. The lowest BCUT2D eigenvalue weighted by atomic mass is 10.1. The Morgan fingerprint density at radius 3 is 2.11 bits per heavy atom. The van der Waals surface area contributed by atoms with Crippen LogP contribution in [-0.4, -0.2) is 36.4 Å². The van der Waals surface area contributed by atoms with Crippen molar-refractivity contribution in [3.05, 3.63) is 78.2 Å². The first-order valence-electron chi connectivity index (χ1n) is 11.2. The van der Waals surface area contributed by atoms with Gasteiger partial charge in [-0.05, 0) is 59.9 Å². The first kappa shape index (κ1) is 25.1. The monoisotopic (exact) mass is 507 g/mol. The van der Waals surface area contributed by atoms with E-state index in [2.05, 4.69) is 15.0 Å². The molecular formula is C26H25N3O6S. The number of anilines is 1.